The number of aryl methyl sites for hydroxylation is 1. The molecule has 3 rings (SSSR count). The van der Waals surface area contributed by atoms with Crippen LogP contribution in [0.2, 0.25) is 0 Å². The van der Waals surface area contributed by atoms with E-state index in [1.807, 2.05) is 38.1 Å². The molecule has 0 saturated carbocycles. The molecule has 0 atom stereocenters. The second-order valence-corrected chi connectivity index (χ2v) is 8.84. The molecule has 1 aliphatic rings. The van der Waals surface area contributed by atoms with Crippen LogP contribution in [0, 0.1) is 0 Å². The van der Waals surface area contributed by atoms with Crippen LogP contribution in [0.25, 0.3) is 0 Å². The largest absolute Gasteiger partial charge is 0.353 e. The Balaban J connectivity index is 1.45. The van der Waals surface area contributed by atoms with Gasteiger partial charge < -0.3 is 10.6 Å². The van der Waals surface area contributed by atoms with Gasteiger partial charge in [0.15, 0.2) is 0 Å². The Morgan fingerprint density at radius 1 is 1.07 bits per heavy atom. The highest BCUT2D eigenvalue weighted by Gasteiger charge is 2.21. The Morgan fingerprint density at radius 3 is 2.37 bits per heavy atom. The molecule has 0 bridgehead atoms. The summed E-state index contributed by atoms with van der Waals surface area (Å²) in [5, 5.41) is 15.2. The van der Waals surface area contributed by atoms with Gasteiger partial charge in [0.1, 0.15) is 5.01 Å². The summed E-state index contributed by atoms with van der Waals surface area (Å²) in [5.41, 5.74) is 1.98. The predicted octanol–water partition coefficient (Wildman–Crippen LogP) is 1.99. The number of nitrogens with one attached hydrogen (secondary N) is 2. The predicted molar refractivity (Wildman–Crippen MR) is 119 cm³/mol. The van der Waals surface area contributed by atoms with E-state index in [1.165, 1.54) is 16.9 Å². The van der Waals surface area contributed by atoms with E-state index in [9.17, 15) is 9.59 Å². The number of hydrogen-bond donors (Lipinski definition) is 2. The Kier molecular flexibility index (Phi) is 7.89. The lowest BCUT2D eigenvalue weighted by Crippen LogP contribution is -2.49. The Labute approximate surface area is 181 Å². The maximum atomic E-state index is 12.4. The second-order valence-electron chi connectivity index (χ2n) is 7.78. The first-order chi connectivity index (χ1) is 14.4. The summed E-state index contributed by atoms with van der Waals surface area (Å²) < 4.78 is 0. The minimum absolute atomic E-state index is 0.0718. The van der Waals surface area contributed by atoms with Gasteiger partial charge in [0.2, 0.25) is 10.9 Å². The third-order valence-electron chi connectivity index (χ3n) is 4.92. The topological polar surface area (TPSA) is 90.5 Å². The lowest BCUT2D eigenvalue weighted by molar-refractivity contribution is -0.123. The number of hydrogen-bond acceptors (Lipinski definition) is 7. The minimum Gasteiger partial charge on any atom is -0.353 e. The Hall–Kier alpha value is -2.36. The first-order valence-electron chi connectivity index (χ1n) is 10.4. The lowest BCUT2D eigenvalue weighted by Gasteiger charge is -2.33. The molecule has 2 heterocycles. The number of piperazine rings is 1. The molecule has 0 unspecified atom stereocenters. The molecule has 1 aromatic carbocycles. The molecule has 2 amide bonds. The summed E-state index contributed by atoms with van der Waals surface area (Å²) >= 11 is 1.33. The molecule has 2 N–H and O–H groups in total. The van der Waals surface area contributed by atoms with Gasteiger partial charge in [-0.2, -0.15) is 0 Å². The molecule has 9 heteroatoms. The van der Waals surface area contributed by atoms with Crippen LogP contribution >= 0.6 is 11.3 Å². The fraction of sp³-hybridized carbons (Fsp3) is 0.524. The van der Waals surface area contributed by atoms with Gasteiger partial charge in [-0.3, -0.25) is 19.4 Å². The number of anilines is 1. The van der Waals surface area contributed by atoms with Crippen molar-refractivity contribution in [3.8, 4) is 0 Å². The van der Waals surface area contributed by atoms with Gasteiger partial charge in [0, 0.05) is 37.9 Å². The maximum absolute atomic E-state index is 12.4. The quantitative estimate of drug-likeness (QED) is 0.666. The van der Waals surface area contributed by atoms with Gasteiger partial charge in [0.25, 0.3) is 5.91 Å². The standard InChI is InChI=1S/C21H30N6O2S/c1-4-16-5-7-17(8-6-16)23-20(29)21-25-24-19(30-21)14-27-11-9-26(10-12-27)13-18(28)22-15(2)3/h5-8,15H,4,9-14H2,1-3H3,(H,22,28)(H,23,29). The van der Waals surface area contributed by atoms with Crippen LogP contribution in [-0.4, -0.2) is 70.6 Å². The van der Waals surface area contributed by atoms with E-state index in [0.29, 0.717) is 18.1 Å². The van der Waals surface area contributed by atoms with Crippen LogP contribution in [0.5, 0.6) is 0 Å². The minimum atomic E-state index is -0.232. The number of aromatic nitrogens is 2. The normalized spacial score (nSPS) is 15.3. The molecule has 2 aromatic rings. The Morgan fingerprint density at radius 2 is 1.73 bits per heavy atom. The number of benzene rings is 1. The van der Waals surface area contributed by atoms with Crippen LogP contribution in [0.1, 0.15) is 41.1 Å². The zero-order valence-electron chi connectivity index (χ0n) is 17.9. The highest BCUT2D eigenvalue weighted by Crippen LogP contribution is 2.16. The number of amides is 2. The zero-order chi connectivity index (χ0) is 21.5. The van der Waals surface area contributed by atoms with E-state index in [0.717, 1.165) is 43.3 Å². The molecule has 0 aliphatic carbocycles. The number of rotatable bonds is 8. The molecular weight excluding hydrogens is 400 g/mol. The van der Waals surface area contributed by atoms with Crippen LogP contribution < -0.4 is 10.6 Å². The van der Waals surface area contributed by atoms with Crippen molar-refractivity contribution in [3.63, 3.8) is 0 Å². The van der Waals surface area contributed by atoms with Gasteiger partial charge in [-0.05, 0) is 38.0 Å². The van der Waals surface area contributed by atoms with E-state index in [-0.39, 0.29) is 17.9 Å². The summed E-state index contributed by atoms with van der Waals surface area (Å²) in [6.07, 6.45) is 0.966. The second kappa shape index (κ2) is 10.6. The molecule has 0 radical (unpaired) electrons. The number of carbonyl (C=O) groups excluding carboxylic acids is 2. The lowest BCUT2D eigenvalue weighted by atomic mass is 10.1. The van der Waals surface area contributed by atoms with Gasteiger partial charge >= 0.3 is 0 Å². The van der Waals surface area contributed by atoms with Gasteiger partial charge in [-0.15, -0.1) is 10.2 Å². The number of carbonyl (C=O) groups is 2. The van der Waals surface area contributed by atoms with E-state index in [4.69, 9.17) is 0 Å². The first kappa shape index (κ1) is 22.3. The molecule has 8 nitrogen and oxygen atoms in total. The van der Waals surface area contributed by atoms with Crippen molar-refractivity contribution >= 4 is 28.8 Å². The third-order valence-corrected chi connectivity index (χ3v) is 5.83. The van der Waals surface area contributed by atoms with Crippen molar-refractivity contribution in [1.29, 1.82) is 0 Å². The maximum Gasteiger partial charge on any atom is 0.286 e. The molecule has 0 spiro atoms. The van der Waals surface area contributed by atoms with Crippen molar-refractivity contribution in [2.45, 2.75) is 39.8 Å². The zero-order valence-corrected chi connectivity index (χ0v) is 18.7. The van der Waals surface area contributed by atoms with Crippen LogP contribution in [0.4, 0.5) is 5.69 Å². The summed E-state index contributed by atoms with van der Waals surface area (Å²) in [6.45, 7) is 10.5. The van der Waals surface area contributed by atoms with Crippen molar-refractivity contribution in [2.24, 2.45) is 0 Å². The summed E-state index contributed by atoms with van der Waals surface area (Å²) in [6, 6.07) is 7.98. The van der Waals surface area contributed by atoms with Crippen molar-refractivity contribution < 1.29 is 9.59 Å². The number of nitrogens with zero attached hydrogens (tertiary/aromatic N) is 4. The smallest absolute Gasteiger partial charge is 0.286 e. The summed E-state index contributed by atoms with van der Waals surface area (Å²) in [5.74, 6) is -0.161. The van der Waals surface area contributed by atoms with Crippen LogP contribution in [0.3, 0.4) is 0 Å². The molecule has 1 saturated heterocycles. The van der Waals surface area contributed by atoms with E-state index >= 15 is 0 Å². The SMILES string of the molecule is CCc1ccc(NC(=O)c2nnc(CN3CCN(CC(=O)NC(C)C)CC3)s2)cc1. The first-order valence-corrected chi connectivity index (χ1v) is 11.2. The molecule has 30 heavy (non-hydrogen) atoms. The van der Waals surface area contributed by atoms with Crippen LogP contribution in [-0.2, 0) is 17.8 Å². The molecular formula is C21H30N6O2S. The fourth-order valence-corrected chi connectivity index (χ4v) is 4.06. The molecule has 162 valence electrons. The molecule has 1 aromatic heterocycles. The average molecular weight is 431 g/mol. The van der Waals surface area contributed by atoms with Crippen molar-refractivity contribution in [2.75, 3.05) is 38.0 Å². The summed E-state index contributed by atoms with van der Waals surface area (Å²) in [7, 11) is 0. The third kappa shape index (κ3) is 6.58. The Bertz CT molecular complexity index is 843. The van der Waals surface area contributed by atoms with Gasteiger partial charge in [0.05, 0.1) is 13.1 Å². The van der Waals surface area contributed by atoms with Crippen molar-refractivity contribution in [3.05, 3.63) is 39.8 Å². The van der Waals surface area contributed by atoms with Crippen LogP contribution in [0.15, 0.2) is 24.3 Å². The monoisotopic (exact) mass is 430 g/mol. The molecule has 1 aliphatic heterocycles. The average Bonchev–Trinajstić information content (AvgIpc) is 3.18. The summed E-state index contributed by atoms with van der Waals surface area (Å²) in [4.78, 5) is 28.8. The van der Waals surface area contributed by atoms with Crippen molar-refractivity contribution in [1.82, 2.24) is 25.3 Å². The van der Waals surface area contributed by atoms with E-state index < -0.39 is 0 Å². The van der Waals surface area contributed by atoms with Gasteiger partial charge in [-0.25, -0.2) is 0 Å². The van der Waals surface area contributed by atoms with E-state index in [2.05, 4.69) is 37.6 Å². The fourth-order valence-electron chi connectivity index (χ4n) is 3.29. The highest BCUT2D eigenvalue weighted by molar-refractivity contribution is 7.13. The van der Waals surface area contributed by atoms with Gasteiger partial charge in [-0.1, -0.05) is 30.4 Å². The highest BCUT2D eigenvalue weighted by atomic mass is 32.1. The van der Waals surface area contributed by atoms with E-state index in [1.54, 1.807) is 0 Å². The molecule has 1 fully saturated rings.